The number of thiazole rings is 1. The summed E-state index contributed by atoms with van der Waals surface area (Å²) in [5.41, 5.74) is 2.81. The summed E-state index contributed by atoms with van der Waals surface area (Å²) in [6.45, 7) is 0.577. The Bertz CT molecular complexity index is 941. The van der Waals surface area contributed by atoms with E-state index < -0.39 is 0 Å². The van der Waals surface area contributed by atoms with Gasteiger partial charge in [0.15, 0.2) is 11.5 Å². The first-order valence-electron chi connectivity index (χ1n) is 8.77. The highest BCUT2D eigenvalue weighted by Gasteiger charge is 2.11. The molecule has 1 N–H and O–H groups in total. The molecular weight excluding hydrogens is 396 g/mol. The third-order valence-corrected chi connectivity index (χ3v) is 5.37. The third-order valence-electron chi connectivity index (χ3n) is 4.17. The van der Waals surface area contributed by atoms with Gasteiger partial charge in [-0.2, -0.15) is 0 Å². The van der Waals surface area contributed by atoms with Crippen molar-refractivity contribution in [3.05, 3.63) is 64.1 Å². The van der Waals surface area contributed by atoms with E-state index >= 15 is 0 Å². The Labute approximate surface area is 173 Å². The molecule has 0 saturated carbocycles. The van der Waals surface area contributed by atoms with E-state index in [0.717, 1.165) is 28.2 Å². The highest BCUT2D eigenvalue weighted by molar-refractivity contribution is 7.13. The van der Waals surface area contributed by atoms with Crippen molar-refractivity contribution in [2.75, 3.05) is 20.8 Å². The maximum absolute atomic E-state index is 12.2. The van der Waals surface area contributed by atoms with E-state index in [4.69, 9.17) is 21.1 Å². The molecule has 1 aromatic heterocycles. The number of aromatic nitrogens is 1. The lowest BCUT2D eigenvalue weighted by molar-refractivity contribution is -0.120. The lowest BCUT2D eigenvalue weighted by Gasteiger charge is -2.08. The van der Waals surface area contributed by atoms with Gasteiger partial charge in [0.2, 0.25) is 5.91 Å². The van der Waals surface area contributed by atoms with Crippen molar-refractivity contribution in [3.63, 3.8) is 0 Å². The van der Waals surface area contributed by atoms with Gasteiger partial charge in [0, 0.05) is 22.5 Å². The van der Waals surface area contributed by atoms with Crippen molar-refractivity contribution in [2.45, 2.75) is 12.8 Å². The molecular formula is C21H21ClN2O3S. The first-order chi connectivity index (χ1) is 13.6. The molecule has 5 nitrogen and oxygen atoms in total. The van der Waals surface area contributed by atoms with Crippen LogP contribution in [0.1, 0.15) is 11.3 Å². The van der Waals surface area contributed by atoms with Crippen molar-refractivity contribution in [3.8, 4) is 22.1 Å². The van der Waals surface area contributed by atoms with Gasteiger partial charge in [0.25, 0.3) is 0 Å². The predicted molar refractivity (Wildman–Crippen MR) is 113 cm³/mol. The second-order valence-electron chi connectivity index (χ2n) is 6.12. The smallest absolute Gasteiger partial charge is 0.226 e. The van der Waals surface area contributed by atoms with Crippen molar-refractivity contribution in [1.29, 1.82) is 0 Å². The Morgan fingerprint density at radius 1 is 1.11 bits per heavy atom. The molecule has 3 rings (SSSR count). The summed E-state index contributed by atoms with van der Waals surface area (Å²) in [5, 5.41) is 6.39. The number of hydrogen-bond acceptors (Lipinski definition) is 5. The average molecular weight is 417 g/mol. The van der Waals surface area contributed by atoms with E-state index in [2.05, 4.69) is 10.3 Å². The number of carbonyl (C=O) groups is 1. The fourth-order valence-corrected chi connectivity index (χ4v) is 3.66. The summed E-state index contributed by atoms with van der Waals surface area (Å²) in [6.07, 6.45) is 1.02. The highest BCUT2D eigenvalue weighted by atomic mass is 35.5. The fourth-order valence-electron chi connectivity index (χ4n) is 2.71. The maximum Gasteiger partial charge on any atom is 0.226 e. The summed E-state index contributed by atoms with van der Waals surface area (Å²) in [5.74, 6) is 1.28. The van der Waals surface area contributed by atoms with Crippen LogP contribution in [0.3, 0.4) is 0 Å². The van der Waals surface area contributed by atoms with E-state index in [1.807, 2.05) is 47.8 Å². The van der Waals surface area contributed by atoms with Crippen molar-refractivity contribution in [1.82, 2.24) is 10.3 Å². The molecule has 28 heavy (non-hydrogen) atoms. The van der Waals surface area contributed by atoms with Crippen LogP contribution in [0.2, 0.25) is 5.02 Å². The molecule has 3 aromatic rings. The van der Waals surface area contributed by atoms with Crippen LogP contribution in [0, 0.1) is 0 Å². The molecule has 2 aromatic carbocycles. The summed E-state index contributed by atoms with van der Waals surface area (Å²) in [4.78, 5) is 16.8. The van der Waals surface area contributed by atoms with E-state index in [1.54, 1.807) is 14.2 Å². The van der Waals surface area contributed by atoms with Gasteiger partial charge >= 0.3 is 0 Å². The second-order valence-corrected chi connectivity index (χ2v) is 7.41. The molecule has 0 atom stereocenters. The number of nitrogens with one attached hydrogen (secondary N) is 1. The third kappa shape index (κ3) is 5.24. The Morgan fingerprint density at radius 3 is 2.57 bits per heavy atom. The molecule has 0 saturated heterocycles. The Balaban J connectivity index is 1.55. The van der Waals surface area contributed by atoms with Gasteiger partial charge in [-0.3, -0.25) is 4.79 Å². The minimum atomic E-state index is -0.0434. The van der Waals surface area contributed by atoms with E-state index in [9.17, 15) is 4.79 Å². The number of carbonyl (C=O) groups excluding carboxylic acids is 1. The zero-order valence-electron chi connectivity index (χ0n) is 15.7. The number of hydrogen-bond donors (Lipinski definition) is 1. The predicted octanol–water partition coefficient (Wildman–Crippen LogP) is 4.38. The topological polar surface area (TPSA) is 60.5 Å². The van der Waals surface area contributed by atoms with Crippen molar-refractivity contribution >= 4 is 28.8 Å². The first kappa shape index (κ1) is 20.2. The number of methoxy groups -OCH3 is 2. The lowest BCUT2D eigenvalue weighted by Crippen LogP contribution is -2.27. The van der Waals surface area contributed by atoms with Gasteiger partial charge in [0.05, 0.1) is 26.3 Å². The number of benzene rings is 2. The number of halogens is 1. The van der Waals surface area contributed by atoms with Gasteiger partial charge < -0.3 is 14.8 Å². The van der Waals surface area contributed by atoms with E-state index in [1.165, 1.54) is 11.3 Å². The van der Waals surface area contributed by atoms with Crippen LogP contribution in [0.15, 0.2) is 47.8 Å². The van der Waals surface area contributed by atoms with Gasteiger partial charge in [-0.1, -0.05) is 23.7 Å². The summed E-state index contributed by atoms with van der Waals surface area (Å²) in [6, 6.07) is 13.3. The van der Waals surface area contributed by atoms with Gasteiger partial charge in [-0.25, -0.2) is 4.98 Å². The van der Waals surface area contributed by atoms with Crippen molar-refractivity contribution < 1.29 is 14.3 Å². The van der Waals surface area contributed by atoms with E-state index in [-0.39, 0.29) is 12.3 Å². The Morgan fingerprint density at radius 2 is 1.86 bits per heavy atom. The zero-order valence-corrected chi connectivity index (χ0v) is 17.3. The summed E-state index contributed by atoms with van der Waals surface area (Å²) < 4.78 is 10.6. The van der Waals surface area contributed by atoms with Crippen LogP contribution in [-0.4, -0.2) is 31.7 Å². The number of nitrogens with zero attached hydrogens (tertiary/aromatic N) is 1. The summed E-state index contributed by atoms with van der Waals surface area (Å²) in [7, 11) is 3.20. The molecule has 0 aliphatic heterocycles. The minimum Gasteiger partial charge on any atom is -0.493 e. The van der Waals surface area contributed by atoms with E-state index in [0.29, 0.717) is 23.1 Å². The molecule has 146 valence electrons. The van der Waals surface area contributed by atoms with Crippen LogP contribution in [0.25, 0.3) is 10.6 Å². The van der Waals surface area contributed by atoms with Crippen LogP contribution >= 0.6 is 22.9 Å². The van der Waals surface area contributed by atoms with Crippen LogP contribution in [-0.2, 0) is 17.6 Å². The van der Waals surface area contributed by atoms with Crippen LogP contribution < -0.4 is 14.8 Å². The maximum atomic E-state index is 12.2. The molecule has 0 aliphatic carbocycles. The van der Waals surface area contributed by atoms with Gasteiger partial charge in [-0.05, 0) is 42.3 Å². The molecule has 7 heteroatoms. The van der Waals surface area contributed by atoms with Gasteiger partial charge in [-0.15, -0.1) is 11.3 Å². The minimum absolute atomic E-state index is 0.0434. The zero-order chi connectivity index (χ0) is 19.9. The summed E-state index contributed by atoms with van der Waals surface area (Å²) >= 11 is 7.38. The molecule has 1 amide bonds. The normalized spacial score (nSPS) is 10.5. The molecule has 1 heterocycles. The lowest BCUT2D eigenvalue weighted by atomic mass is 10.1. The number of rotatable bonds is 8. The average Bonchev–Trinajstić information content (AvgIpc) is 3.17. The highest BCUT2D eigenvalue weighted by Crippen LogP contribution is 2.33. The quantitative estimate of drug-likeness (QED) is 0.591. The Hall–Kier alpha value is -2.57. The largest absolute Gasteiger partial charge is 0.493 e. The van der Waals surface area contributed by atoms with Crippen LogP contribution in [0.5, 0.6) is 11.5 Å². The molecule has 0 aliphatic rings. The molecule has 0 fully saturated rings. The standard InChI is InChI=1S/C21H21ClN2O3S/c1-26-18-8-5-15(11-19(18)27-2)21-24-17(13-28-21)12-20(25)23-10-9-14-3-6-16(22)7-4-14/h3-8,11,13H,9-10,12H2,1-2H3,(H,23,25). The SMILES string of the molecule is COc1ccc(-c2nc(CC(=O)NCCc3ccc(Cl)cc3)cs2)cc1OC. The van der Waals surface area contributed by atoms with Gasteiger partial charge in [0.1, 0.15) is 5.01 Å². The number of ether oxygens (including phenoxy) is 2. The molecule has 0 radical (unpaired) electrons. The Kier molecular flexibility index (Phi) is 6.90. The van der Waals surface area contributed by atoms with Crippen molar-refractivity contribution in [2.24, 2.45) is 0 Å². The second kappa shape index (κ2) is 9.57. The number of amides is 1. The fraction of sp³-hybridized carbons (Fsp3) is 0.238. The molecule has 0 bridgehead atoms. The monoisotopic (exact) mass is 416 g/mol. The first-order valence-corrected chi connectivity index (χ1v) is 10.0. The van der Waals surface area contributed by atoms with Crippen LogP contribution in [0.4, 0.5) is 0 Å². The molecule has 0 spiro atoms. The molecule has 0 unspecified atom stereocenters.